The molecule has 0 atom stereocenters. The highest BCUT2D eigenvalue weighted by Crippen LogP contribution is 2.41. The number of hydrogen-bond acceptors (Lipinski definition) is 2. The van der Waals surface area contributed by atoms with Crippen LogP contribution in [0.3, 0.4) is 0 Å². The van der Waals surface area contributed by atoms with Gasteiger partial charge in [-0.3, -0.25) is 0 Å². The minimum Gasteiger partial charge on any atom is -0.494 e. The maximum Gasteiger partial charge on any atom is 0.149 e. The fourth-order valence-corrected chi connectivity index (χ4v) is 3.22. The van der Waals surface area contributed by atoms with E-state index in [0.29, 0.717) is 11.4 Å². The van der Waals surface area contributed by atoms with Crippen molar-refractivity contribution in [1.82, 2.24) is 0 Å². The van der Waals surface area contributed by atoms with Crippen LogP contribution in [-0.4, -0.2) is 7.11 Å². The second-order valence-electron chi connectivity index (χ2n) is 2.10. The number of benzene rings is 1. The maximum absolute atomic E-state index is 5.73. The monoisotopic (exact) mass is 357 g/mol. The number of methoxy groups -OCH3 is 1. The average molecular weight is 360 g/mol. The van der Waals surface area contributed by atoms with Gasteiger partial charge in [-0.15, -0.1) is 0 Å². The zero-order chi connectivity index (χ0) is 9.30. The van der Waals surface area contributed by atoms with Crippen LogP contribution in [0.25, 0.3) is 0 Å². The summed E-state index contributed by atoms with van der Waals surface area (Å²) in [4.78, 5) is 0. The van der Waals surface area contributed by atoms with Crippen LogP contribution in [0.2, 0.25) is 0 Å². The predicted octanol–water partition coefficient (Wildman–Crippen LogP) is 3.56. The number of halogens is 3. The molecule has 0 aromatic heterocycles. The van der Waals surface area contributed by atoms with Crippen molar-refractivity contribution < 1.29 is 4.74 Å². The summed E-state index contributed by atoms with van der Waals surface area (Å²) in [6.07, 6.45) is 0. The third kappa shape index (κ3) is 1.78. The van der Waals surface area contributed by atoms with Crippen LogP contribution in [0.5, 0.6) is 5.75 Å². The standard InChI is InChI=1S/C7H6Br3NO/c1-12-7-4(9)2-3(8)6(11)5(7)10/h2H,11H2,1H3. The van der Waals surface area contributed by atoms with Crippen molar-refractivity contribution in [2.24, 2.45) is 0 Å². The fraction of sp³-hybridized carbons (Fsp3) is 0.143. The van der Waals surface area contributed by atoms with Crippen LogP contribution in [-0.2, 0) is 0 Å². The molecule has 0 heterocycles. The molecule has 0 aliphatic rings. The highest BCUT2D eigenvalue weighted by Gasteiger charge is 2.11. The molecule has 0 radical (unpaired) electrons. The van der Waals surface area contributed by atoms with Crippen molar-refractivity contribution in [3.63, 3.8) is 0 Å². The highest BCUT2D eigenvalue weighted by molar-refractivity contribution is 9.11. The normalized spacial score (nSPS) is 10.0. The SMILES string of the molecule is COc1c(Br)cc(Br)c(N)c1Br. The van der Waals surface area contributed by atoms with E-state index in [-0.39, 0.29) is 0 Å². The molecule has 2 nitrogen and oxygen atoms in total. The van der Waals surface area contributed by atoms with Gasteiger partial charge in [-0.2, -0.15) is 0 Å². The fourth-order valence-electron chi connectivity index (χ4n) is 0.774. The molecule has 1 aromatic carbocycles. The van der Waals surface area contributed by atoms with E-state index in [4.69, 9.17) is 10.5 Å². The Labute approximate surface area is 95.9 Å². The van der Waals surface area contributed by atoms with Crippen LogP contribution >= 0.6 is 47.8 Å². The number of rotatable bonds is 1. The lowest BCUT2D eigenvalue weighted by atomic mass is 10.3. The van der Waals surface area contributed by atoms with E-state index in [9.17, 15) is 0 Å². The third-order valence-electron chi connectivity index (χ3n) is 1.37. The van der Waals surface area contributed by atoms with Gasteiger partial charge in [0.1, 0.15) is 5.75 Å². The molecule has 1 aromatic rings. The summed E-state index contributed by atoms with van der Waals surface area (Å²) in [5.74, 6) is 0.704. The Hall–Kier alpha value is 0.260. The first-order valence-electron chi connectivity index (χ1n) is 3.05. The minimum atomic E-state index is 0.634. The molecular formula is C7H6Br3NO. The van der Waals surface area contributed by atoms with E-state index < -0.39 is 0 Å². The van der Waals surface area contributed by atoms with Gasteiger partial charge in [-0.1, -0.05) is 0 Å². The molecule has 0 spiro atoms. The summed E-state index contributed by atoms with van der Waals surface area (Å²) in [6.45, 7) is 0. The Morgan fingerprint density at radius 1 is 1.25 bits per heavy atom. The minimum absolute atomic E-state index is 0.634. The van der Waals surface area contributed by atoms with Crippen molar-refractivity contribution in [2.75, 3.05) is 12.8 Å². The van der Waals surface area contributed by atoms with Crippen molar-refractivity contribution in [3.8, 4) is 5.75 Å². The second kappa shape index (κ2) is 3.98. The molecule has 0 unspecified atom stereocenters. The molecule has 0 fully saturated rings. The average Bonchev–Trinajstić information content (AvgIpc) is 2.01. The summed E-state index contributed by atoms with van der Waals surface area (Å²) in [6, 6.07) is 1.85. The largest absolute Gasteiger partial charge is 0.494 e. The first-order chi connectivity index (χ1) is 5.57. The van der Waals surface area contributed by atoms with E-state index in [0.717, 1.165) is 13.4 Å². The van der Waals surface area contributed by atoms with Crippen LogP contribution in [0.4, 0.5) is 5.69 Å². The number of nitrogen functional groups attached to an aromatic ring is 1. The van der Waals surface area contributed by atoms with Crippen LogP contribution in [0, 0.1) is 0 Å². The zero-order valence-corrected chi connectivity index (χ0v) is 11.0. The van der Waals surface area contributed by atoms with Gasteiger partial charge in [-0.05, 0) is 53.9 Å². The van der Waals surface area contributed by atoms with Gasteiger partial charge in [0.15, 0.2) is 0 Å². The predicted molar refractivity (Wildman–Crippen MR) is 60.5 cm³/mol. The van der Waals surface area contributed by atoms with Crippen molar-refractivity contribution >= 4 is 53.5 Å². The van der Waals surface area contributed by atoms with E-state index in [1.165, 1.54) is 0 Å². The number of anilines is 1. The Morgan fingerprint density at radius 3 is 2.33 bits per heavy atom. The number of nitrogens with two attached hydrogens (primary N) is 1. The maximum atomic E-state index is 5.73. The molecule has 0 saturated heterocycles. The lowest BCUT2D eigenvalue weighted by Gasteiger charge is -2.09. The molecule has 0 aliphatic heterocycles. The van der Waals surface area contributed by atoms with Gasteiger partial charge in [-0.25, -0.2) is 0 Å². The van der Waals surface area contributed by atoms with Gasteiger partial charge in [0, 0.05) is 4.47 Å². The Bertz CT molecular complexity index is 314. The molecule has 12 heavy (non-hydrogen) atoms. The summed E-state index contributed by atoms with van der Waals surface area (Å²) in [5.41, 5.74) is 6.37. The van der Waals surface area contributed by atoms with E-state index in [1.54, 1.807) is 7.11 Å². The molecule has 0 bridgehead atoms. The second-order valence-corrected chi connectivity index (χ2v) is 4.60. The topological polar surface area (TPSA) is 35.2 Å². The first kappa shape index (κ1) is 10.3. The molecule has 0 amide bonds. The molecule has 2 N–H and O–H groups in total. The summed E-state index contributed by atoms with van der Waals surface area (Å²) >= 11 is 10.0. The van der Waals surface area contributed by atoms with Gasteiger partial charge in [0.25, 0.3) is 0 Å². The zero-order valence-electron chi connectivity index (χ0n) is 6.20. The van der Waals surface area contributed by atoms with E-state index in [1.807, 2.05) is 6.07 Å². The van der Waals surface area contributed by atoms with E-state index >= 15 is 0 Å². The molecule has 0 saturated carbocycles. The number of hydrogen-bond donors (Lipinski definition) is 1. The highest BCUT2D eigenvalue weighted by atomic mass is 79.9. The van der Waals surface area contributed by atoms with Crippen molar-refractivity contribution in [3.05, 3.63) is 19.5 Å². The smallest absolute Gasteiger partial charge is 0.149 e. The molecule has 66 valence electrons. The van der Waals surface area contributed by atoms with Gasteiger partial charge >= 0.3 is 0 Å². The van der Waals surface area contributed by atoms with Gasteiger partial charge in [0.2, 0.25) is 0 Å². The van der Waals surface area contributed by atoms with Crippen LogP contribution in [0.1, 0.15) is 0 Å². The first-order valence-corrected chi connectivity index (χ1v) is 5.42. The third-order valence-corrected chi connectivity index (χ3v) is 3.40. The Balaban J connectivity index is 3.40. The molecule has 0 aliphatic carbocycles. The molecular weight excluding hydrogens is 354 g/mol. The van der Waals surface area contributed by atoms with Crippen molar-refractivity contribution in [2.45, 2.75) is 0 Å². The Kier molecular flexibility index (Phi) is 3.43. The lowest BCUT2D eigenvalue weighted by molar-refractivity contribution is 0.409. The molecule has 1 rings (SSSR count). The quantitative estimate of drug-likeness (QED) is 0.778. The number of ether oxygens (including phenoxy) is 1. The Morgan fingerprint density at radius 2 is 1.83 bits per heavy atom. The summed E-state index contributed by atoms with van der Waals surface area (Å²) in [5, 5.41) is 0. The van der Waals surface area contributed by atoms with Crippen molar-refractivity contribution in [1.29, 1.82) is 0 Å². The lowest BCUT2D eigenvalue weighted by Crippen LogP contribution is -1.93. The summed E-state index contributed by atoms with van der Waals surface area (Å²) < 4.78 is 7.57. The van der Waals surface area contributed by atoms with Crippen LogP contribution in [0.15, 0.2) is 19.5 Å². The van der Waals surface area contributed by atoms with Crippen LogP contribution < -0.4 is 10.5 Å². The van der Waals surface area contributed by atoms with E-state index in [2.05, 4.69) is 47.8 Å². The van der Waals surface area contributed by atoms with Gasteiger partial charge in [0.05, 0.1) is 21.7 Å². The summed E-state index contributed by atoms with van der Waals surface area (Å²) in [7, 11) is 1.60. The molecule has 5 heteroatoms. The van der Waals surface area contributed by atoms with Gasteiger partial charge < -0.3 is 10.5 Å².